The molecular formula is C12H20. The molecule has 5 unspecified atom stereocenters. The van der Waals surface area contributed by atoms with Gasteiger partial charge in [-0.2, -0.15) is 0 Å². The van der Waals surface area contributed by atoms with Crippen LogP contribution in [0, 0.1) is 35.0 Å². The van der Waals surface area contributed by atoms with Crippen LogP contribution in [0.15, 0.2) is 0 Å². The molecule has 0 saturated heterocycles. The summed E-state index contributed by atoms with van der Waals surface area (Å²) in [6.07, 6.45) is 4.56. The van der Waals surface area contributed by atoms with Gasteiger partial charge in [-0.15, -0.1) is 0 Å². The first-order valence-electron chi connectivity index (χ1n) is 5.68. The molecular weight excluding hydrogens is 144 g/mol. The second-order valence-corrected chi connectivity index (χ2v) is 5.79. The first kappa shape index (κ1) is 7.41. The molecule has 0 aliphatic heterocycles. The zero-order chi connectivity index (χ0) is 8.51. The Labute approximate surface area is 75.7 Å². The van der Waals surface area contributed by atoms with Crippen LogP contribution in [0.25, 0.3) is 0 Å². The number of rotatable bonds is 2. The Morgan fingerprint density at radius 2 is 2.17 bits per heavy atom. The van der Waals surface area contributed by atoms with Crippen LogP contribution >= 0.6 is 0 Å². The van der Waals surface area contributed by atoms with Gasteiger partial charge in [-0.25, -0.2) is 0 Å². The molecule has 0 bridgehead atoms. The van der Waals surface area contributed by atoms with Crippen LogP contribution in [0.4, 0.5) is 0 Å². The van der Waals surface area contributed by atoms with Crippen molar-refractivity contribution in [1.29, 1.82) is 0 Å². The van der Waals surface area contributed by atoms with Gasteiger partial charge in [0.2, 0.25) is 0 Å². The van der Waals surface area contributed by atoms with E-state index in [9.17, 15) is 0 Å². The molecule has 3 aliphatic rings. The van der Waals surface area contributed by atoms with Gasteiger partial charge in [0.15, 0.2) is 0 Å². The fourth-order valence-corrected chi connectivity index (χ4v) is 4.63. The summed E-state index contributed by atoms with van der Waals surface area (Å²) < 4.78 is 0. The van der Waals surface area contributed by atoms with E-state index in [-0.39, 0.29) is 0 Å². The van der Waals surface area contributed by atoms with E-state index in [1.54, 1.807) is 12.8 Å². The van der Waals surface area contributed by atoms with Gasteiger partial charge >= 0.3 is 0 Å². The van der Waals surface area contributed by atoms with Crippen molar-refractivity contribution in [3.05, 3.63) is 0 Å². The van der Waals surface area contributed by atoms with Crippen molar-refractivity contribution in [3.63, 3.8) is 0 Å². The highest BCUT2D eigenvalue weighted by Gasteiger charge is 2.76. The Morgan fingerprint density at radius 1 is 1.42 bits per heavy atom. The Balaban J connectivity index is 1.82. The molecule has 0 aromatic rings. The summed E-state index contributed by atoms with van der Waals surface area (Å²) in [5, 5.41) is 0. The van der Waals surface area contributed by atoms with Crippen molar-refractivity contribution in [1.82, 2.24) is 0 Å². The zero-order valence-corrected chi connectivity index (χ0v) is 8.51. The van der Waals surface area contributed by atoms with E-state index in [1.807, 2.05) is 0 Å². The summed E-state index contributed by atoms with van der Waals surface area (Å²) in [5.41, 5.74) is 0.810. The summed E-state index contributed by atoms with van der Waals surface area (Å²) in [5.74, 6) is 5.66. The van der Waals surface area contributed by atoms with Crippen molar-refractivity contribution >= 4 is 0 Å². The molecule has 68 valence electrons. The van der Waals surface area contributed by atoms with Crippen LogP contribution < -0.4 is 0 Å². The van der Waals surface area contributed by atoms with E-state index in [0.29, 0.717) is 0 Å². The van der Waals surface area contributed by atoms with Crippen LogP contribution in [0.3, 0.4) is 0 Å². The summed E-state index contributed by atoms with van der Waals surface area (Å²) in [4.78, 5) is 0. The minimum absolute atomic E-state index is 0.810. The Morgan fingerprint density at radius 3 is 2.58 bits per heavy atom. The second-order valence-electron chi connectivity index (χ2n) is 5.79. The molecule has 3 aliphatic carbocycles. The van der Waals surface area contributed by atoms with Crippen molar-refractivity contribution in [2.75, 3.05) is 0 Å². The minimum Gasteiger partial charge on any atom is -0.0651 e. The average molecular weight is 164 g/mol. The molecule has 0 heteroatoms. The topological polar surface area (TPSA) is 0 Å². The van der Waals surface area contributed by atoms with Crippen molar-refractivity contribution < 1.29 is 0 Å². The van der Waals surface area contributed by atoms with Gasteiger partial charge in [0, 0.05) is 0 Å². The van der Waals surface area contributed by atoms with Gasteiger partial charge in [-0.05, 0) is 47.8 Å². The molecule has 0 N–H and O–H groups in total. The highest BCUT2D eigenvalue weighted by atomic mass is 14.8. The van der Waals surface area contributed by atoms with Gasteiger partial charge in [-0.1, -0.05) is 27.2 Å². The SMILES string of the molecule is CCC(C)C1CC2C3C[C@]1(C)C23. The van der Waals surface area contributed by atoms with Gasteiger partial charge in [0.25, 0.3) is 0 Å². The molecule has 0 nitrogen and oxygen atoms in total. The lowest BCUT2D eigenvalue weighted by atomic mass is 9.59. The lowest BCUT2D eigenvalue weighted by Gasteiger charge is -2.46. The van der Waals surface area contributed by atoms with Crippen molar-refractivity contribution in [2.24, 2.45) is 35.0 Å². The normalized spacial score (nSPS) is 62.2. The lowest BCUT2D eigenvalue weighted by Crippen LogP contribution is -2.39. The lowest BCUT2D eigenvalue weighted by molar-refractivity contribution is 0.0248. The highest BCUT2D eigenvalue weighted by molar-refractivity contribution is 5.24. The van der Waals surface area contributed by atoms with Crippen LogP contribution in [0.5, 0.6) is 0 Å². The summed E-state index contributed by atoms with van der Waals surface area (Å²) in [6, 6.07) is 0. The smallest absolute Gasteiger partial charge is 0.0258 e. The maximum Gasteiger partial charge on any atom is -0.0258 e. The largest absolute Gasteiger partial charge is 0.0651 e. The van der Waals surface area contributed by atoms with Gasteiger partial charge < -0.3 is 0 Å². The van der Waals surface area contributed by atoms with E-state index < -0.39 is 0 Å². The van der Waals surface area contributed by atoms with Crippen molar-refractivity contribution in [2.45, 2.75) is 40.0 Å². The monoisotopic (exact) mass is 164 g/mol. The predicted octanol–water partition coefficient (Wildman–Crippen LogP) is 3.32. The van der Waals surface area contributed by atoms with Crippen molar-refractivity contribution in [3.8, 4) is 0 Å². The van der Waals surface area contributed by atoms with Crippen LogP contribution in [-0.4, -0.2) is 0 Å². The molecule has 0 aromatic heterocycles. The molecule has 3 fully saturated rings. The van der Waals surface area contributed by atoms with E-state index in [1.165, 1.54) is 24.2 Å². The summed E-state index contributed by atoms with van der Waals surface area (Å²) >= 11 is 0. The highest BCUT2D eigenvalue weighted by Crippen LogP contribution is 2.82. The minimum atomic E-state index is 0.810. The van der Waals surface area contributed by atoms with Gasteiger partial charge in [-0.3, -0.25) is 0 Å². The molecule has 0 aromatic carbocycles. The molecule has 12 heavy (non-hydrogen) atoms. The molecule has 6 atom stereocenters. The summed E-state index contributed by atoms with van der Waals surface area (Å²) in [7, 11) is 0. The number of hydrogen-bond acceptors (Lipinski definition) is 0. The molecule has 3 rings (SSSR count). The maximum atomic E-state index is 2.57. The average Bonchev–Trinajstić information content (AvgIpc) is 2.58. The third kappa shape index (κ3) is 0.592. The Hall–Kier alpha value is 0. The fourth-order valence-electron chi connectivity index (χ4n) is 4.63. The maximum absolute atomic E-state index is 2.57. The van der Waals surface area contributed by atoms with E-state index in [2.05, 4.69) is 20.8 Å². The van der Waals surface area contributed by atoms with Gasteiger partial charge in [0.05, 0.1) is 0 Å². The number of hydrogen-bond donors (Lipinski definition) is 0. The Bertz CT molecular complexity index is 220. The van der Waals surface area contributed by atoms with E-state index in [4.69, 9.17) is 0 Å². The predicted molar refractivity (Wildman–Crippen MR) is 50.8 cm³/mol. The molecule has 0 amide bonds. The fraction of sp³-hybridized carbons (Fsp3) is 1.00. The standard InChI is InChI=1S/C12H20/c1-4-7(2)10-5-8-9-6-12(10,3)11(8)9/h7-11H,4-6H2,1-3H3/t7?,8?,9?,10?,11?,12-/m0/s1. The van der Waals surface area contributed by atoms with Crippen LogP contribution in [-0.2, 0) is 0 Å². The third-order valence-electron chi connectivity index (χ3n) is 5.47. The number of fused-ring (bicyclic) bond motifs is 1. The van der Waals surface area contributed by atoms with E-state index in [0.717, 1.165) is 17.3 Å². The van der Waals surface area contributed by atoms with Crippen LogP contribution in [0.2, 0.25) is 0 Å². The molecule has 0 radical (unpaired) electrons. The molecule has 3 saturated carbocycles. The first-order chi connectivity index (χ1) is 5.68. The van der Waals surface area contributed by atoms with Crippen LogP contribution in [0.1, 0.15) is 40.0 Å². The second kappa shape index (κ2) is 1.91. The van der Waals surface area contributed by atoms with Gasteiger partial charge in [0.1, 0.15) is 0 Å². The summed E-state index contributed by atoms with van der Waals surface area (Å²) in [6.45, 7) is 7.39. The molecule has 0 spiro atoms. The van der Waals surface area contributed by atoms with E-state index >= 15 is 0 Å². The third-order valence-corrected chi connectivity index (χ3v) is 5.47. The zero-order valence-electron chi connectivity index (χ0n) is 8.51. The quantitative estimate of drug-likeness (QED) is 0.587. The Kier molecular flexibility index (Phi) is 1.18. The molecule has 0 heterocycles. The first-order valence-corrected chi connectivity index (χ1v) is 5.68.